The first-order valence-electron chi connectivity index (χ1n) is 10.8. The summed E-state index contributed by atoms with van der Waals surface area (Å²) in [6, 6.07) is 13.2. The number of aromatic nitrogens is 2. The second-order valence-electron chi connectivity index (χ2n) is 7.78. The van der Waals surface area contributed by atoms with Crippen molar-refractivity contribution in [1.29, 1.82) is 0 Å². The maximum Gasteiger partial charge on any atom is 0.298 e. The van der Waals surface area contributed by atoms with Gasteiger partial charge in [0.05, 0.1) is 14.2 Å². The van der Waals surface area contributed by atoms with Gasteiger partial charge in [0.25, 0.3) is 11.1 Å². The topological polar surface area (TPSA) is 82.6 Å². The minimum Gasteiger partial charge on any atom is -0.497 e. The lowest BCUT2D eigenvalue weighted by molar-refractivity contribution is 0.0927. The second kappa shape index (κ2) is 10.5. The average molecular weight is 454 g/mol. The molecule has 1 fully saturated rings. The average Bonchev–Trinajstić information content (AvgIpc) is 3.26. The van der Waals surface area contributed by atoms with Crippen molar-refractivity contribution in [1.82, 2.24) is 14.7 Å². The number of nitrogens with one attached hydrogen (secondary N) is 1. The van der Waals surface area contributed by atoms with Gasteiger partial charge in [-0.3, -0.25) is 4.79 Å². The molecule has 0 radical (unpaired) electrons. The fourth-order valence-corrected chi connectivity index (χ4v) is 4.39. The van der Waals surface area contributed by atoms with Crippen LogP contribution in [0.4, 0.5) is 0 Å². The van der Waals surface area contributed by atoms with Crippen molar-refractivity contribution >= 4 is 17.4 Å². The molecule has 0 unspecified atom stereocenters. The minimum absolute atomic E-state index is 0.0969. The summed E-state index contributed by atoms with van der Waals surface area (Å²) in [6.45, 7) is 0. The number of carbonyl (C=O) groups is 1. The van der Waals surface area contributed by atoms with Crippen LogP contribution in [-0.4, -0.2) is 35.5 Å². The summed E-state index contributed by atoms with van der Waals surface area (Å²) >= 11 is 1.16. The molecule has 1 N–H and O–H groups in total. The zero-order valence-electron chi connectivity index (χ0n) is 18.3. The Morgan fingerprint density at radius 1 is 1.06 bits per heavy atom. The Morgan fingerprint density at radius 2 is 1.91 bits per heavy atom. The summed E-state index contributed by atoms with van der Waals surface area (Å²) in [7, 11) is 3.21. The van der Waals surface area contributed by atoms with Gasteiger partial charge in [0.15, 0.2) is 17.3 Å². The first-order chi connectivity index (χ1) is 15.6. The minimum atomic E-state index is -0.0969. The van der Waals surface area contributed by atoms with E-state index in [4.69, 9.17) is 14.2 Å². The number of benzene rings is 2. The van der Waals surface area contributed by atoms with Gasteiger partial charge in [-0.15, -0.1) is 0 Å². The maximum atomic E-state index is 12.7. The molecule has 32 heavy (non-hydrogen) atoms. The molecule has 1 aromatic heterocycles. The second-order valence-corrected chi connectivity index (χ2v) is 8.50. The lowest BCUT2D eigenvalue weighted by atomic mass is 9.95. The van der Waals surface area contributed by atoms with Crippen LogP contribution in [0.25, 0.3) is 0 Å². The smallest absolute Gasteiger partial charge is 0.298 e. The molecule has 0 saturated heterocycles. The molecule has 1 aliphatic rings. The van der Waals surface area contributed by atoms with Gasteiger partial charge in [-0.2, -0.15) is 9.36 Å². The van der Waals surface area contributed by atoms with Crippen LogP contribution in [-0.2, 0) is 6.42 Å². The molecular weight excluding hydrogens is 426 g/mol. The summed E-state index contributed by atoms with van der Waals surface area (Å²) < 4.78 is 21.0. The lowest BCUT2D eigenvalue weighted by Gasteiger charge is -2.22. The van der Waals surface area contributed by atoms with Crippen LogP contribution < -0.4 is 19.5 Å². The molecule has 1 saturated carbocycles. The molecule has 0 atom stereocenters. The van der Waals surface area contributed by atoms with E-state index in [1.165, 1.54) is 6.42 Å². The van der Waals surface area contributed by atoms with Gasteiger partial charge in [0.2, 0.25) is 0 Å². The van der Waals surface area contributed by atoms with Gasteiger partial charge in [-0.1, -0.05) is 31.4 Å². The van der Waals surface area contributed by atoms with Crippen LogP contribution >= 0.6 is 11.5 Å². The van der Waals surface area contributed by atoms with E-state index in [-0.39, 0.29) is 11.9 Å². The number of hydrogen-bond donors (Lipinski definition) is 1. The number of amides is 1. The number of methoxy groups -OCH3 is 2. The highest BCUT2D eigenvalue weighted by molar-refractivity contribution is 7.07. The van der Waals surface area contributed by atoms with Crippen LogP contribution in [0.2, 0.25) is 0 Å². The first kappa shape index (κ1) is 22.1. The number of hydrogen-bond acceptors (Lipinski definition) is 7. The third-order valence-corrected chi connectivity index (χ3v) is 6.14. The zero-order valence-corrected chi connectivity index (χ0v) is 19.1. The molecule has 7 nitrogen and oxygen atoms in total. The Kier molecular flexibility index (Phi) is 7.21. The quantitative estimate of drug-likeness (QED) is 0.517. The Morgan fingerprint density at radius 3 is 2.69 bits per heavy atom. The lowest BCUT2D eigenvalue weighted by Crippen LogP contribution is -2.36. The van der Waals surface area contributed by atoms with Crippen LogP contribution in [0.3, 0.4) is 0 Å². The van der Waals surface area contributed by atoms with Gasteiger partial charge >= 0.3 is 0 Å². The van der Waals surface area contributed by atoms with E-state index in [2.05, 4.69) is 14.7 Å². The molecule has 1 aliphatic carbocycles. The van der Waals surface area contributed by atoms with Crippen LogP contribution in [0.1, 0.15) is 53.8 Å². The molecule has 2 aromatic carbocycles. The third-order valence-electron chi connectivity index (χ3n) is 5.51. The zero-order chi connectivity index (χ0) is 22.3. The normalized spacial score (nSPS) is 14.1. The van der Waals surface area contributed by atoms with Crippen molar-refractivity contribution in [3.05, 3.63) is 59.4 Å². The number of nitrogens with zero attached hydrogens (tertiary/aromatic N) is 2. The Balaban J connectivity index is 1.46. The summed E-state index contributed by atoms with van der Waals surface area (Å²) in [4.78, 5) is 17.2. The van der Waals surface area contributed by atoms with E-state index >= 15 is 0 Å². The van der Waals surface area contributed by atoms with Crippen molar-refractivity contribution in [3.8, 4) is 22.4 Å². The fraction of sp³-hybridized carbons (Fsp3) is 0.375. The Labute approximate surface area is 191 Å². The van der Waals surface area contributed by atoms with E-state index in [1.54, 1.807) is 32.4 Å². The van der Waals surface area contributed by atoms with Crippen molar-refractivity contribution in [3.63, 3.8) is 0 Å². The predicted molar refractivity (Wildman–Crippen MR) is 123 cm³/mol. The van der Waals surface area contributed by atoms with Gasteiger partial charge in [-0.05, 0) is 48.7 Å². The van der Waals surface area contributed by atoms with Gasteiger partial charge in [0.1, 0.15) is 5.75 Å². The molecule has 4 rings (SSSR count). The summed E-state index contributed by atoms with van der Waals surface area (Å²) in [5, 5.41) is 3.53. The molecule has 3 aromatic rings. The van der Waals surface area contributed by atoms with Crippen LogP contribution in [0.15, 0.2) is 42.5 Å². The third kappa shape index (κ3) is 5.56. The van der Waals surface area contributed by atoms with E-state index in [0.717, 1.165) is 48.5 Å². The molecular formula is C24H27N3O4S. The van der Waals surface area contributed by atoms with Crippen molar-refractivity contribution in [2.45, 2.75) is 44.6 Å². The molecule has 1 amide bonds. The molecule has 168 valence electrons. The molecule has 0 aliphatic heterocycles. The number of rotatable bonds is 8. The summed E-state index contributed by atoms with van der Waals surface area (Å²) in [5.74, 6) is 2.32. The van der Waals surface area contributed by atoms with Crippen LogP contribution in [0, 0.1) is 0 Å². The van der Waals surface area contributed by atoms with Gasteiger partial charge in [0, 0.05) is 29.6 Å². The molecule has 1 heterocycles. The first-order valence-corrected chi connectivity index (χ1v) is 11.5. The highest BCUT2D eigenvalue weighted by atomic mass is 32.1. The van der Waals surface area contributed by atoms with Crippen LogP contribution in [0.5, 0.6) is 22.4 Å². The Hall–Kier alpha value is -3.13. The standard InChI is InChI=1S/C24H27N3O4S/c1-29-19-10-6-7-16(13-19)14-22-26-24(32-27-22)31-21-15-17(11-12-20(21)30-2)23(28)25-18-8-4-3-5-9-18/h6-7,10-13,15,18H,3-5,8-9,14H2,1-2H3,(H,25,28). The van der Waals surface area contributed by atoms with Gasteiger partial charge in [-0.25, -0.2) is 0 Å². The number of ether oxygens (including phenoxy) is 3. The van der Waals surface area contributed by atoms with E-state index in [1.807, 2.05) is 24.3 Å². The van der Waals surface area contributed by atoms with E-state index in [9.17, 15) is 4.79 Å². The molecule has 0 bridgehead atoms. The Bertz CT molecular complexity index is 1060. The van der Waals surface area contributed by atoms with Gasteiger partial charge < -0.3 is 19.5 Å². The van der Waals surface area contributed by atoms with E-state index < -0.39 is 0 Å². The van der Waals surface area contributed by atoms with Crippen molar-refractivity contribution in [2.75, 3.05) is 14.2 Å². The van der Waals surface area contributed by atoms with Crippen molar-refractivity contribution < 1.29 is 19.0 Å². The van der Waals surface area contributed by atoms with E-state index in [0.29, 0.717) is 34.5 Å². The molecule has 0 spiro atoms. The SMILES string of the molecule is COc1cccc(Cc2nsc(Oc3cc(C(=O)NC4CCCCC4)ccc3OC)n2)c1. The largest absolute Gasteiger partial charge is 0.497 e. The highest BCUT2D eigenvalue weighted by Crippen LogP contribution is 2.33. The summed E-state index contributed by atoms with van der Waals surface area (Å²) in [6.07, 6.45) is 6.21. The number of carbonyl (C=O) groups excluding carboxylic acids is 1. The molecule has 8 heteroatoms. The summed E-state index contributed by atoms with van der Waals surface area (Å²) in [5.41, 5.74) is 1.58. The fourth-order valence-electron chi connectivity index (χ4n) is 3.82. The predicted octanol–water partition coefficient (Wildman–Crippen LogP) is 5.00. The maximum absolute atomic E-state index is 12.7. The monoisotopic (exact) mass is 453 g/mol. The van der Waals surface area contributed by atoms with Crippen molar-refractivity contribution in [2.24, 2.45) is 0 Å². The highest BCUT2D eigenvalue weighted by Gasteiger charge is 2.19.